The van der Waals surface area contributed by atoms with Gasteiger partial charge in [0.25, 0.3) is 5.56 Å². The molecule has 1 aromatic rings. The lowest BCUT2D eigenvalue weighted by Crippen LogP contribution is -2.33. The molecule has 1 aliphatic carbocycles. The van der Waals surface area contributed by atoms with Gasteiger partial charge in [-0.3, -0.25) is 10.1 Å². The van der Waals surface area contributed by atoms with Crippen LogP contribution in [-0.2, 0) is 4.74 Å². The molecule has 0 aromatic carbocycles. The van der Waals surface area contributed by atoms with E-state index < -0.39 is 11.7 Å². The molecule has 1 fully saturated rings. The summed E-state index contributed by atoms with van der Waals surface area (Å²) in [5.74, 6) is 0. The summed E-state index contributed by atoms with van der Waals surface area (Å²) in [5.41, 5.74) is -0.676. The Morgan fingerprint density at radius 1 is 1.43 bits per heavy atom. The third kappa shape index (κ3) is 4.59. The normalized spacial score (nSPS) is 21.3. The minimum absolute atomic E-state index is 0.00994. The van der Waals surface area contributed by atoms with E-state index in [0.29, 0.717) is 6.42 Å². The van der Waals surface area contributed by atoms with E-state index in [1.54, 1.807) is 43.7 Å². The minimum Gasteiger partial charge on any atom is -0.444 e. The van der Waals surface area contributed by atoms with E-state index in [-0.39, 0.29) is 23.3 Å². The molecule has 2 rings (SSSR count). The molecule has 0 unspecified atom stereocenters. The van der Waals surface area contributed by atoms with Crippen LogP contribution in [0.25, 0.3) is 4.85 Å². The van der Waals surface area contributed by atoms with Crippen LogP contribution in [0.3, 0.4) is 0 Å². The fourth-order valence-corrected chi connectivity index (χ4v) is 2.82. The number of hydrogen-bond acceptors (Lipinski definition) is 3. The van der Waals surface area contributed by atoms with Crippen molar-refractivity contribution in [1.29, 1.82) is 0 Å². The van der Waals surface area contributed by atoms with E-state index >= 15 is 0 Å². The number of rotatable bonds is 2. The van der Waals surface area contributed by atoms with Crippen LogP contribution in [0.15, 0.2) is 23.1 Å². The molecule has 124 valence electrons. The van der Waals surface area contributed by atoms with Crippen LogP contribution >= 0.6 is 0 Å². The Kier molecular flexibility index (Phi) is 5.09. The molecule has 1 aromatic heterocycles. The molecule has 0 radical (unpaired) electrons. The number of aromatic nitrogens is 1. The molecule has 1 amide bonds. The van der Waals surface area contributed by atoms with Gasteiger partial charge in [0.05, 0.1) is 0 Å². The molecule has 6 heteroatoms. The highest BCUT2D eigenvalue weighted by Crippen LogP contribution is 2.29. The molecular weight excluding hydrogens is 294 g/mol. The van der Waals surface area contributed by atoms with Gasteiger partial charge < -0.3 is 14.1 Å². The minimum atomic E-state index is -0.643. The van der Waals surface area contributed by atoms with Crippen molar-refractivity contribution >= 4 is 11.8 Å². The Labute approximate surface area is 136 Å². The van der Waals surface area contributed by atoms with Gasteiger partial charge >= 0.3 is 6.09 Å². The first-order chi connectivity index (χ1) is 10.8. The molecular formula is C17H23N3O3. The van der Waals surface area contributed by atoms with E-state index in [2.05, 4.69) is 10.2 Å². The summed E-state index contributed by atoms with van der Waals surface area (Å²) in [7, 11) is 0. The smallest absolute Gasteiger partial charge is 0.412 e. The van der Waals surface area contributed by atoms with Gasteiger partial charge in [-0.15, -0.1) is 0 Å². The van der Waals surface area contributed by atoms with Crippen molar-refractivity contribution in [2.45, 2.75) is 64.1 Å². The van der Waals surface area contributed by atoms with Crippen LogP contribution in [0.1, 0.15) is 52.5 Å². The monoisotopic (exact) mass is 317 g/mol. The number of anilines is 1. The van der Waals surface area contributed by atoms with Gasteiger partial charge in [0, 0.05) is 25.1 Å². The van der Waals surface area contributed by atoms with Gasteiger partial charge in [-0.2, -0.15) is 0 Å². The van der Waals surface area contributed by atoms with Gasteiger partial charge in [-0.25, -0.2) is 11.4 Å². The molecule has 0 saturated heterocycles. The lowest BCUT2D eigenvalue weighted by atomic mass is 9.91. The summed E-state index contributed by atoms with van der Waals surface area (Å²) in [6, 6.07) is 3.28. The first-order valence-electron chi connectivity index (χ1n) is 7.88. The van der Waals surface area contributed by atoms with Crippen molar-refractivity contribution in [1.82, 2.24) is 4.57 Å². The number of amides is 1. The molecule has 23 heavy (non-hydrogen) atoms. The molecule has 6 nitrogen and oxygen atoms in total. The molecule has 1 N–H and O–H groups in total. The SMILES string of the molecule is [C-]#[N+][C@@H]1CCC[C@H](n2cccc(NC(=O)OC(C)(C)C)c2=O)C1. The van der Waals surface area contributed by atoms with E-state index in [1.807, 2.05) is 0 Å². The van der Waals surface area contributed by atoms with Crippen molar-refractivity contribution < 1.29 is 9.53 Å². The molecule has 0 bridgehead atoms. The van der Waals surface area contributed by atoms with Gasteiger partial charge in [-0.1, -0.05) is 0 Å². The Balaban J connectivity index is 2.17. The number of nitrogens with zero attached hydrogens (tertiary/aromatic N) is 2. The maximum absolute atomic E-state index is 12.6. The van der Waals surface area contributed by atoms with Gasteiger partial charge in [-0.05, 0) is 45.7 Å². The second-order valence-corrected chi connectivity index (χ2v) is 6.86. The second kappa shape index (κ2) is 6.86. The van der Waals surface area contributed by atoms with Crippen molar-refractivity contribution in [3.05, 3.63) is 40.1 Å². The van der Waals surface area contributed by atoms with Crippen LogP contribution in [0, 0.1) is 6.57 Å². The zero-order valence-electron chi connectivity index (χ0n) is 13.8. The quantitative estimate of drug-likeness (QED) is 0.848. The van der Waals surface area contributed by atoms with Gasteiger partial charge in [0.1, 0.15) is 11.3 Å². The van der Waals surface area contributed by atoms with Crippen molar-refractivity contribution in [3.63, 3.8) is 0 Å². The van der Waals surface area contributed by atoms with Crippen molar-refractivity contribution in [2.75, 3.05) is 5.32 Å². The fraction of sp³-hybridized carbons (Fsp3) is 0.588. The van der Waals surface area contributed by atoms with Crippen LogP contribution < -0.4 is 10.9 Å². The first kappa shape index (κ1) is 17.1. The number of nitrogens with one attached hydrogen (secondary N) is 1. The third-order valence-corrected chi connectivity index (χ3v) is 3.80. The Hall–Kier alpha value is -2.29. The number of carbonyl (C=O) groups is 1. The molecule has 1 heterocycles. The number of carbonyl (C=O) groups excluding carboxylic acids is 1. The van der Waals surface area contributed by atoms with E-state index in [9.17, 15) is 9.59 Å². The zero-order valence-corrected chi connectivity index (χ0v) is 13.8. The summed E-state index contributed by atoms with van der Waals surface area (Å²) in [5, 5.41) is 2.52. The molecule has 1 saturated carbocycles. The lowest BCUT2D eigenvalue weighted by molar-refractivity contribution is 0.0635. The average Bonchev–Trinajstić information content (AvgIpc) is 2.47. The number of ether oxygens (including phenoxy) is 1. The van der Waals surface area contributed by atoms with E-state index in [4.69, 9.17) is 11.3 Å². The highest BCUT2D eigenvalue weighted by Gasteiger charge is 2.27. The summed E-state index contributed by atoms with van der Waals surface area (Å²) >= 11 is 0. The molecule has 0 spiro atoms. The third-order valence-electron chi connectivity index (χ3n) is 3.80. The maximum Gasteiger partial charge on any atom is 0.412 e. The Bertz CT molecular complexity index is 667. The van der Waals surface area contributed by atoms with Crippen molar-refractivity contribution in [2.24, 2.45) is 0 Å². The lowest BCUT2D eigenvalue weighted by Gasteiger charge is -2.25. The summed E-state index contributed by atoms with van der Waals surface area (Å²) in [4.78, 5) is 28.0. The average molecular weight is 317 g/mol. The van der Waals surface area contributed by atoms with Crippen LogP contribution in [0.2, 0.25) is 0 Å². The molecule has 0 aliphatic heterocycles. The first-order valence-corrected chi connectivity index (χ1v) is 7.88. The molecule has 2 atom stereocenters. The Morgan fingerprint density at radius 3 is 2.83 bits per heavy atom. The van der Waals surface area contributed by atoms with Crippen LogP contribution in [0.5, 0.6) is 0 Å². The van der Waals surface area contributed by atoms with E-state index in [1.165, 1.54) is 0 Å². The largest absolute Gasteiger partial charge is 0.444 e. The Morgan fingerprint density at radius 2 is 2.17 bits per heavy atom. The predicted molar refractivity (Wildman–Crippen MR) is 88.5 cm³/mol. The maximum atomic E-state index is 12.6. The van der Waals surface area contributed by atoms with E-state index in [0.717, 1.165) is 19.3 Å². The van der Waals surface area contributed by atoms with Crippen LogP contribution in [0.4, 0.5) is 10.5 Å². The van der Waals surface area contributed by atoms with Crippen molar-refractivity contribution in [3.8, 4) is 0 Å². The van der Waals surface area contributed by atoms with Gasteiger partial charge in [0.15, 0.2) is 0 Å². The standard InChI is InChI=1S/C17H23N3O3/c1-17(2,3)23-16(22)19-14-9-6-10-20(15(14)21)13-8-5-7-12(11-13)18-4/h6,9-10,12-13H,5,7-8,11H2,1-3H3,(H,19,22)/t12-,13+/m1/s1. The van der Waals surface area contributed by atoms with Crippen LogP contribution in [-0.4, -0.2) is 22.3 Å². The fourth-order valence-electron chi connectivity index (χ4n) is 2.82. The predicted octanol–water partition coefficient (Wildman–Crippen LogP) is 3.60. The second-order valence-electron chi connectivity index (χ2n) is 6.86. The number of hydrogen-bond donors (Lipinski definition) is 1. The highest BCUT2D eigenvalue weighted by atomic mass is 16.6. The topological polar surface area (TPSA) is 64.7 Å². The molecule has 1 aliphatic rings. The number of pyridine rings is 1. The summed E-state index contributed by atoms with van der Waals surface area (Å²) in [6.45, 7) is 12.5. The zero-order chi connectivity index (χ0) is 17.0. The summed E-state index contributed by atoms with van der Waals surface area (Å²) < 4.78 is 6.81. The highest BCUT2D eigenvalue weighted by molar-refractivity contribution is 5.84. The summed E-state index contributed by atoms with van der Waals surface area (Å²) in [6.07, 6.45) is 4.47. The van der Waals surface area contributed by atoms with Gasteiger partial charge in [0.2, 0.25) is 6.04 Å².